The largest absolute Gasteiger partial charge is 0.495 e. The molecule has 1 atom stereocenters. The zero-order chi connectivity index (χ0) is 18.4. The van der Waals surface area contributed by atoms with Crippen molar-refractivity contribution in [1.29, 1.82) is 0 Å². The number of hydrogen-bond donors (Lipinski definition) is 1. The zero-order valence-corrected chi connectivity index (χ0v) is 16.2. The standard InChI is InChI=1S/C19H22ClN3O2S/c1-25-18-6-5-14(20)10-17(18)23-9-7-15(11-23)22-19(24)13-26-12-16-4-2-3-8-21-16/h2-6,8,10,15H,7,9,11-13H2,1H3,(H,22,24). The first-order chi connectivity index (χ1) is 12.7. The maximum absolute atomic E-state index is 12.2. The first-order valence-electron chi connectivity index (χ1n) is 8.51. The molecule has 2 aromatic rings. The third kappa shape index (κ3) is 5.05. The number of hydrogen-bond acceptors (Lipinski definition) is 5. The number of ether oxygens (including phenoxy) is 1. The van der Waals surface area contributed by atoms with Gasteiger partial charge in [-0.25, -0.2) is 0 Å². The van der Waals surface area contributed by atoms with Gasteiger partial charge >= 0.3 is 0 Å². The molecule has 3 rings (SSSR count). The quantitative estimate of drug-likeness (QED) is 0.784. The maximum atomic E-state index is 12.2. The van der Waals surface area contributed by atoms with E-state index in [-0.39, 0.29) is 11.9 Å². The van der Waals surface area contributed by atoms with Crippen LogP contribution >= 0.6 is 23.4 Å². The highest BCUT2D eigenvalue weighted by Crippen LogP contribution is 2.33. The van der Waals surface area contributed by atoms with Crippen LogP contribution in [0.5, 0.6) is 5.75 Å². The summed E-state index contributed by atoms with van der Waals surface area (Å²) in [7, 11) is 1.65. The Morgan fingerprint density at radius 1 is 1.42 bits per heavy atom. The first kappa shape index (κ1) is 18.9. The van der Waals surface area contributed by atoms with Crippen LogP contribution in [-0.4, -0.2) is 42.9 Å². The predicted octanol–water partition coefficient (Wildman–Crippen LogP) is 3.37. The van der Waals surface area contributed by atoms with Gasteiger partial charge in [-0.3, -0.25) is 9.78 Å². The van der Waals surface area contributed by atoms with Crippen molar-refractivity contribution in [3.63, 3.8) is 0 Å². The number of aromatic nitrogens is 1. The Hall–Kier alpha value is -1.92. The summed E-state index contributed by atoms with van der Waals surface area (Å²) in [5.74, 6) is 2.04. The summed E-state index contributed by atoms with van der Waals surface area (Å²) in [5.41, 5.74) is 1.96. The van der Waals surface area contributed by atoms with Gasteiger partial charge in [0.2, 0.25) is 5.91 Å². The molecule has 26 heavy (non-hydrogen) atoms. The molecule has 0 saturated carbocycles. The third-order valence-electron chi connectivity index (χ3n) is 4.24. The Bertz CT molecular complexity index is 745. The summed E-state index contributed by atoms with van der Waals surface area (Å²) in [5, 5.41) is 3.80. The minimum absolute atomic E-state index is 0.0656. The molecule has 1 aromatic heterocycles. The van der Waals surface area contributed by atoms with Crippen molar-refractivity contribution in [3.8, 4) is 5.75 Å². The van der Waals surface area contributed by atoms with E-state index in [2.05, 4.69) is 15.2 Å². The Morgan fingerprint density at radius 3 is 3.08 bits per heavy atom. The van der Waals surface area contributed by atoms with Gasteiger partial charge < -0.3 is 15.0 Å². The summed E-state index contributed by atoms with van der Waals surface area (Å²) in [6.07, 6.45) is 2.68. The molecule has 1 aliphatic rings. The van der Waals surface area contributed by atoms with E-state index in [0.717, 1.165) is 42.4 Å². The van der Waals surface area contributed by atoms with Gasteiger partial charge in [0.25, 0.3) is 0 Å². The number of benzene rings is 1. The number of carbonyl (C=O) groups is 1. The van der Waals surface area contributed by atoms with E-state index in [9.17, 15) is 4.79 Å². The average molecular weight is 392 g/mol. The second-order valence-electron chi connectivity index (χ2n) is 6.13. The Labute approximate surface area is 163 Å². The van der Waals surface area contributed by atoms with E-state index in [1.54, 1.807) is 25.1 Å². The van der Waals surface area contributed by atoms with Crippen LogP contribution < -0.4 is 15.0 Å². The molecule has 1 N–H and O–H groups in total. The SMILES string of the molecule is COc1ccc(Cl)cc1N1CCC(NC(=O)CSCc2ccccn2)C1. The lowest BCUT2D eigenvalue weighted by atomic mass is 10.2. The van der Waals surface area contributed by atoms with Gasteiger partial charge in [-0.05, 0) is 36.8 Å². The van der Waals surface area contributed by atoms with Crippen LogP contribution in [0.2, 0.25) is 5.02 Å². The van der Waals surface area contributed by atoms with E-state index in [1.807, 2.05) is 36.4 Å². The van der Waals surface area contributed by atoms with E-state index in [1.165, 1.54) is 0 Å². The van der Waals surface area contributed by atoms with Crippen molar-refractivity contribution in [1.82, 2.24) is 10.3 Å². The number of carbonyl (C=O) groups excluding carboxylic acids is 1. The molecule has 138 valence electrons. The molecule has 0 aliphatic carbocycles. The Morgan fingerprint density at radius 2 is 2.31 bits per heavy atom. The molecule has 1 fully saturated rings. The molecular weight excluding hydrogens is 370 g/mol. The Kier molecular flexibility index (Phi) is 6.63. The average Bonchev–Trinajstić information content (AvgIpc) is 3.11. The molecule has 1 aliphatic heterocycles. The molecule has 1 unspecified atom stereocenters. The van der Waals surface area contributed by atoms with Crippen LogP contribution in [0.3, 0.4) is 0 Å². The van der Waals surface area contributed by atoms with Crippen LogP contribution in [0.15, 0.2) is 42.6 Å². The van der Waals surface area contributed by atoms with Gasteiger partial charge in [0, 0.05) is 36.1 Å². The summed E-state index contributed by atoms with van der Waals surface area (Å²) < 4.78 is 5.43. The molecule has 7 heteroatoms. The number of halogens is 1. The molecule has 0 spiro atoms. The highest BCUT2D eigenvalue weighted by Gasteiger charge is 2.26. The van der Waals surface area contributed by atoms with Crippen molar-refractivity contribution in [2.45, 2.75) is 18.2 Å². The van der Waals surface area contributed by atoms with Crippen LogP contribution in [0.25, 0.3) is 0 Å². The topological polar surface area (TPSA) is 54.5 Å². The number of rotatable bonds is 7. The highest BCUT2D eigenvalue weighted by molar-refractivity contribution is 7.99. The third-order valence-corrected chi connectivity index (χ3v) is 5.45. The van der Waals surface area contributed by atoms with E-state index in [0.29, 0.717) is 10.8 Å². The van der Waals surface area contributed by atoms with Crippen LogP contribution in [0.1, 0.15) is 12.1 Å². The normalized spacial score (nSPS) is 16.5. The lowest BCUT2D eigenvalue weighted by molar-refractivity contribution is -0.119. The minimum atomic E-state index is 0.0656. The minimum Gasteiger partial charge on any atom is -0.495 e. The fourth-order valence-corrected chi connectivity index (χ4v) is 3.93. The number of nitrogens with zero attached hydrogens (tertiary/aromatic N) is 2. The second kappa shape index (κ2) is 9.14. The second-order valence-corrected chi connectivity index (χ2v) is 7.55. The summed E-state index contributed by atoms with van der Waals surface area (Å²) in [6.45, 7) is 1.62. The van der Waals surface area contributed by atoms with Gasteiger partial charge in [-0.2, -0.15) is 0 Å². The van der Waals surface area contributed by atoms with Crippen molar-refractivity contribution in [2.75, 3.05) is 30.9 Å². The summed E-state index contributed by atoms with van der Waals surface area (Å²) in [6, 6.07) is 11.6. The molecular formula is C19H22ClN3O2S. The van der Waals surface area contributed by atoms with Crippen molar-refractivity contribution >= 4 is 35.0 Å². The highest BCUT2D eigenvalue weighted by atomic mass is 35.5. The number of nitrogens with one attached hydrogen (secondary N) is 1. The smallest absolute Gasteiger partial charge is 0.230 e. The fourth-order valence-electron chi connectivity index (χ4n) is 3.01. The predicted molar refractivity (Wildman–Crippen MR) is 107 cm³/mol. The van der Waals surface area contributed by atoms with Gasteiger partial charge in [0.1, 0.15) is 5.75 Å². The van der Waals surface area contributed by atoms with E-state index < -0.39 is 0 Å². The molecule has 1 aromatic carbocycles. The maximum Gasteiger partial charge on any atom is 0.230 e. The van der Waals surface area contributed by atoms with Crippen LogP contribution in [-0.2, 0) is 10.5 Å². The van der Waals surface area contributed by atoms with Crippen molar-refractivity contribution < 1.29 is 9.53 Å². The number of thioether (sulfide) groups is 1. The van der Waals surface area contributed by atoms with Crippen molar-refractivity contribution in [3.05, 3.63) is 53.3 Å². The Balaban J connectivity index is 1.47. The summed E-state index contributed by atoms with van der Waals surface area (Å²) in [4.78, 5) is 18.7. The molecule has 0 radical (unpaired) electrons. The van der Waals surface area contributed by atoms with Crippen molar-refractivity contribution in [2.24, 2.45) is 0 Å². The number of amides is 1. The zero-order valence-electron chi connectivity index (χ0n) is 14.7. The number of methoxy groups -OCH3 is 1. The molecule has 1 saturated heterocycles. The first-order valence-corrected chi connectivity index (χ1v) is 10.0. The summed E-state index contributed by atoms with van der Waals surface area (Å²) >= 11 is 7.70. The van der Waals surface area contributed by atoms with Crippen LogP contribution in [0, 0.1) is 0 Å². The van der Waals surface area contributed by atoms with E-state index >= 15 is 0 Å². The lowest BCUT2D eigenvalue weighted by Crippen LogP contribution is -2.38. The monoisotopic (exact) mass is 391 g/mol. The molecule has 0 bridgehead atoms. The molecule has 2 heterocycles. The van der Waals surface area contributed by atoms with Gasteiger partial charge in [0.05, 0.1) is 24.2 Å². The lowest BCUT2D eigenvalue weighted by Gasteiger charge is -2.21. The van der Waals surface area contributed by atoms with E-state index in [4.69, 9.17) is 16.3 Å². The molecule has 1 amide bonds. The van der Waals surface area contributed by atoms with Crippen LogP contribution in [0.4, 0.5) is 5.69 Å². The van der Waals surface area contributed by atoms with Gasteiger partial charge in [-0.15, -0.1) is 11.8 Å². The fraction of sp³-hybridized carbons (Fsp3) is 0.368. The number of anilines is 1. The van der Waals surface area contributed by atoms with Gasteiger partial charge in [0.15, 0.2) is 0 Å². The molecule has 5 nitrogen and oxygen atoms in total. The number of pyridine rings is 1. The van der Waals surface area contributed by atoms with Gasteiger partial charge in [-0.1, -0.05) is 17.7 Å².